The highest BCUT2D eigenvalue weighted by atomic mass is 16.3. The molecule has 1 atom stereocenters. The molecule has 1 rings (SSSR count). The maximum Gasteiger partial charge on any atom is 0.0585 e. The summed E-state index contributed by atoms with van der Waals surface area (Å²) >= 11 is 0. The van der Waals surface area contributed by atoms with Crippen LogP contribution in [0.4, 0.5) is 0 Å². The molecule has 1 unspecified atom stereocenters. The fraction of sp³-hybridized carbons (Fsp3) is 1.00. The zero-order valence-electron chi connectivity index (χ0n) is 11.3. The van der Waals surface area contributed by atoms with E-state index in [-0.39, 0.29) is 12.6 Å². The lowest BCUT2D eigenvalue weighted by Gasteiger charge is -2.23. The molecule has 0 spiro atoms. The normalized spacial score (nSPS) is 22.9. The summed E-state index contributed by atoms with van der Waals surface area (Å²) in [6, 6.07) is 0.705. The predicted octanol–water partition coefficient (Wildman–Crippen LogP) is 1.47. The molecule has 1 saturated heterocycles. The lowest BCUT2D eigenvalue weighted by molar-refractivity contribution is 0.206. The molecular weight excluding hydrogens is 200 g/mol. The molecule has 96 valence electrons. The number of nitrogens with zero attached hydrogens (tertiary/aromatic N) is 1. The summed E-state index contributed by atoms with van der Waals surface area (Å²) in [6.45, 7) is 12.7. The van der Waals surface area contributed by atoms with Crippen molar-refractivity contribution < 1.29 is 5.11 Å². The van der Waals surface area contributed by atoms with E-state index < -0.39 is 0 Å². The third kappa shape index (κ3) is 4.81. The molecule has 3 nitrogen and oxygen atoms in total. The van der Waals surface area contributed by atoms with Crippen molar-refractivity contribution in [2.45, 2.75) is 52.6 Å². The van der Waals surface area contributed by atoms with Crippen molar-refractivity contribution in [2.24, 2.45) is 5.41 Å². The molecule has 0 radical (unpaired) electrons. The molecule has 1 heterocycles. The van der Waals surface area contributed by atoms with Gasteiger partial charge < -0.3 is 15.3 Å². The minimum atomic E-state index is 0.245. The van der Waals surface area contributed by atoms with Gasteiger partial charge in [-0.15, -0.1) is 0 Å². The minimum absolute atomic E-state index is 0.245. The Labute approximate surface area is 100 Å². The molecule has 0 bridgehead atoms. The number of rotatable bonds is 6. The molecule has 16 heavy (non-hydrogen) atoms. The molecular formula is C13H28N2O. The largest absolute Gasteiger partial charge is 0.395 e. The number of aliphatic hydroxyl groups excluding tert-OH is 1. The van der Waals surface area contributed by atoms with Gasteiger partial charge in [0, 0.05) is 18.6 Å². The summed E-state index contributed by atoms with van der Waals surface area (Å²) < 4.78 is 0. The SMILES string of the molecule is CC(C)NC(CO)CCN1CCC(C)(C)C1. The highest BCUT2D eigenvalue weighted by molar-refractivity contribution is 4.83. The van der Waals surface area contributed by atoms with Crippen LogP contribution < -0.4 is 5.32 Å². The first-order chi connectivity index (χ1) is 7.43. The van der Waals surface area contributed by atoms with Gasteiger partial charge in [0.25, 0.3) is 0 Å². The Hall–Kier alpha value is -0.120. The molecule has 0 aromatic rings. The van der Waals surface area contributed by atoms with Crippen LogP contribution in [0.2, 0.25) is 0 Å². The van der Waals surface area contributed by atoms with Crippen LogP contribution in [-0.4, -0.2) is 48.3 Å². The van der Waals surface area contributed by atoms with Gasteiger partial charge in [-0.25, -0.2) is 0 Å². The fourth-order valence-corrected chi connectivity index (χ4v) is 2.45. The lowest BCUT2D eigenvalue weighted by Crippen LogP contribution is -2.40. The minimum Gasteiger partial charge on any atom is -0.395 e. The first-order valence-corrected chi connectivity index (χ1v) is 6.52. The molecule has 1 fully saturated rings. The average molecular weight is 228 g/mol. The van der Waals surface area contributed by atoms with E-state index in [1.807, 2.05) is 0 Å². The van der Waals surface area contributed by atoms with E-state index in [1.165, 1.54) is 19.5 Å². The Balaban J connectivity index is 2.23. The van der Waals surface area contributed by atoms with E-state index >= 15 is 0 Å². The van der Waals surface area contributed by atoms with E-state index in [1.54, 1.807) is 0 Å². The van der Waals surface area contributed by atoms with Gasteiger partial charge in [0.2, 0.25) is 0 Å². The maximum atomic E-state index is 9.27. The quantitative estimate of drug-likeness (QED) is 0.722. The molecule has 0 amide bonds. The standard InChI is InChI=1S/C13H28N2O/c1-11(2)14-12(9-16)5-7-15-8-6-13(3,4)10-15/h11-12,14,16H,5-10H2,1-4H3. The number of aliphatic hydroxyl groups is 1. The smallest absolute Gasteiger partial charge is 0.0585 e. The van der Waals surface area contributed by atoms with E-state index in [4.69, 9.17) is 0 Å². The monoisotopic (exact) mass is 228 g/mol. The third-order valence-corrected chi connectivity index (χ3v) is 3.34. The molecule has 0 aliphatic carbocycles. The summed E-state index contributed by atoms with van der Waals surface area (Å²) in [5.74, 6) is 0. The topological polar surface area (TPSA) is 35.5 Å². The molecule has 0 aromatic heterocycles. The van der Waals surface area contributed by atoms with Gasteiger partial charge in [-0.05, 0) is 31.3 Å². The zero-order chi connectivity index (χ0) is 12.2. The van der Waals surface area contributed by atoms with E-state index in [9.17, 15) is 5.11 Å². The van der Waals surface area contributed by atoms with Crippen molar-refractivity contribution in [1.82, 2.24) is 10.2 Å². The van der Waals surface area contributed by atoms with Gasteiger partial charge in [0.05, 0.1) is 6.61 Å². The zero-order valence-corrected chi connectivity index (χ0v) is 11.3. The lowest BCUT2D eigenvalue weighted by atomic mass is 9.93. The van der Waals surface area contributed by atoms with Gasteiger partial charge in [-0.1, -0.05) is 27.7 Å². The Morgan fingerprint density at radius 1 is 1.38 bits per heavy atom. The molecule has 1 aliphatic rings. The maximum absolute atomic E-state index is 9.27. The van der Waals surface area contributed by atoms with Crippen LogP contribution in [0.1, 0.15) is 40.5 Å². The Morgan fingerprint density at radius 3 is 2.50 bits per heavy atom. The van der Waals surface area contributed by atoms with Gasteiger partial charge in [0.1, 0.15) is 0 Å². The molecule has 1 aliphatic heterocycles. The van der Waals surface area contributed by atoms with Crippen molar-refractivity contribution in [3.8, 4) is 0 Å². The van der Waals surface area contributed by atoms with E-state index in [2.05, 4.69) is 37.9 Å². The Morgan fingerprint density at radius 2 is 2.06 bits per heavy atom. The summed E-state index contributed by atoms with van der Waals surface area (Å²) in [4.78, 5) is 2.52. The van der Waals surface area contributed by atoms with Gasteiger partial charge in [-0.3, -0.25) is 0 Å². The van der Waals surface area contributed by atoms with Crippen molar-refractivity contribution >= 4 is 0 Å². The molecule has 0 saturated carbocycles. The first kappa shape index (κ1) is 13.9. The third-order valence-electron chi connectivity index (χ3n) is 3.34. The van der Waals surface area contributed by atoms with E-state index in [0.29, 0.717) is 11.5 Å². The fourth-order valence-electron chi connectivity index (χ4n) is 2.45. The first-order valence-electron chi connectivity index (χ1n) is 6.52. The molecule has 3 heteroatoms. The van der Waals surface area contributed by atoms with Gasteiger partial charge in [-0.2, -0.15) is 0 Å². The number of hydrogen-bond acceptors (Lipinski definition) is 3. The van der Waals surface area contributed by atoms with Crippen molar-refractivity contribution in [3.63, 3.8) is 0 Å². The summed E-state index contributed by atoms with van der Waals surface area (Å²) in [5.41, 5.74) is 0.486. The second kappa shape index (κ2) is 5.99. The highest BCUT2D eigenvalue weighted by Crippen LogP contribution is 2.28. The Kier molecular flexibility index (Phi) is 5.22. The van der Waals surface area contributed by atoms with Crippen molar-refractivity contribution in [1.29, 1.82) is 0 Å². The summed E-state index contributed by atoms with van der Waals surface area (Å²) in [7, 11) is 0. The van der Waals surface area contributed by atoms with E-state index in [0.717, 1.165) is 13.0 Å². The van der Waals surface area contributed by atoms with Crippen LogP contribution in [0, 0.1) is 5.41 Å². The summed E-state index contributed by atoms with van der Waals surface area (Å²) in [6.07, 6.45) is 2.35. The van der Waals surface area contributed by atoms with Crippen molar-refractivity contribution in [3.05, 3.63) is 0 Å². The summed E-state index contributed by atoms with van der Waals surface area (Å²) in [5, 5.41) is 12.7. The predicted molar refractivity (Wildman–Crippen MR) is 68.6 cm³/mol. The number of hydrogen-bond donors (Lipinski definition) is 2. The molecule has 2 N–H and O–H groups in total. The van der Waals surface area contributed by atoms with Crippen LogP contribution in [0.5, 0.6) is 0 Å². The highest BCUT2D eigenvalue weighted by Gasteiger charge is 2.28. The van der Waals surface area contributed by atoms with Crippen LogP contribution in [0.3, 0.4) is 0 Å². The van der Waals surface area contributed by atoms with Crippen LogP contribution in [0.25, 0.3) is 0 Å². The average Bonchev–Trinajstić information content (AvgIpc) is 2.52. The van der Waals surface area contributed by atoms with Crippen LogP contribution in [-0.2, 0) is 0 Å². The van der Waals surface area contributed by atoms with Crippen LogP contribution >= 0.6 is 0 Å². The van der Waals surface area contributed by atoms with Gasteiger partial charge in [0.15, 0.2) is 0 Å². The van der Waals surface area contributed by atoms with Crippen molar-refractivity contribution in [2.75, 3.05) is 26.2 Å². The number of likely N-dealkylation sites (tertiary alicyclic amines) is 1. The van der Waals surface area contributed by atoms with Gasteiger partial charge >= 0.3 is 0 Å². The molecule has 0 aromatic carbocycles. The number of nitrogens with one attached hydrogen (secondary N) is 1. The Bertz CT molecular complexity index is 202. The van der Waals surface area contributed by atoms with Crippen LogP contribution in [0.15, 0.2) is 0 Å². The second-order valence-electron chi connectivity index (χ2n) is 6.18. The second-order valence-corrected chi connectivity index (χ2v) is 6.18.